The molecule has 2 rings (SSSR count). The minimum absolute atomic E-state index is 0.0673. The first-order chi connectivity index (χ1) is 9.42. The third kappa shape index (κ3) is 3.56. The quantitative estimate of drug-likeness (QED) is 0.882. The van der Waals surface area contributed by atoms with Crippen molar-refractivity contribution in [3.8, 4) is 0 Å². The molecule has 0 fully saturated rings. The summed E-state index contributed by atoms with van der Waals surface area (Å²) in [7, 11) is -3.91. The highest BCUT2D eigenvalue weighted by atomic mass is 35.5. The van der Waals surface area contributed by atoms with E-state index in [0.717, 1.165) is 10.9 Å². The normalized spacial score (nSPS) is 11.8. The second-order valence-corrected chi connectivity index (χ2v) is 7.53. The lowest BCUT2D eigenvalue weighted by molar-refractivity contribution is 0.556. The molecule has 0 spiro atoms. The number of hydrogen-bond donors (Lipinski definition) is 2. The minimum atomic E-state index is -3.91. The number of thiophene rings is 1. The Bertz CT molecular complexity index is 716. The Morgan fingerprint density at radius 2 is 2.05 bits per heavy atom. The van der Waals surface area contributed by atoms with Crippen molar-refractivity contribution in [2.75, 3.05) is 0 Å². The van der Waals surface area contributed by atoms with Gasteiger partial charge in [0.2, 0.25) is 10.0 Å². The van der Waals surface area contributed by atoms with Crippen LogP contribution in [0, 0.1) is 5.82 Å². The van der Waals surface area contributed by atoms with Gasteiger partial charge in [-0.3, -0.25) is 0 Å². The number of hydrogen-bond acceptors (Lipinski definition) is 4. The topological polar surface area (TPSA) is 72.2 Å². The van der Waals surface area contributed by atoms with E-state index < -0.39 is 20.7 Å². The van der Waals surface area contributed by atoms with E-state index in [-0.39, 0.29) is 13.1 Å². The Labute approximate surface area is 125 Å². The number of rotatable bonds is 5. The summed E-state index contributed by atoms with van der Waals surface area (Å²) in [5.41, 5.74) is 5.91. The van der Waals surface area contributed by atoms with Gasteiger partial charge in [0.05, 0.1) is 4.34 Å². The van der Waals surface area contributed by atoms with Gasteiger partial charge in [0.15, 0.2) is 0 Å². The van der Waals surface area contributed by atoms with Gasteiger partial charge in [-0.1, -0.05) is 17.7 Å². The smallest absolute Gasteiger partial charge is 0.243 e. The molecule has 0 aliphatic carbocycles. The predicted molar refractivity (Wildman–Crippen MR) is 77.6 cm³/mol. The monoisotopic (exact) mass is 334 g/mol. The molecule has 1 aromatic heterocycles. The molecule has 0 amide bonds. The largest absolute Gasteiger partial charge is 0.326 e. The number of nitrogens with two attached hydrogens (primary N) is 1. The van der Waals surface area contributed by atoms with Crippen LogP contribution in [0.3, 0.4) is 0 Å². The Hall–Kier alpha value is -0.990. The van der Waals surface area contributed by atoms with Crippen LogP contribution in [0.15, 0.2) is 35.2 Å². The fraction of sp³-hybridized carbons (Fsp3) is 0.167. The minimum Gasteiger partial charge on any atom is -0.326 e. The number of benzene rings is 1. The van der Waals surface area contributed by atoms with Crippen LogP contribution in [-0.2, 0) is 23.1 Å². The standard InChI is InChI=1S/C12H12ClFN2O2S2/c13-12-4-2-9(19-12)7-16-20(17,18)11-3-1-8(6-15)5-10(11)14/h1-5,16H,6-7,15H2. The lowest BCUT2D eigenvalue weighted by Gasteiger charge is -2.07. The van der Waals surface area contributed by atoms with Crippen LogP contribution < -0.4 is 10.5 Å². The van der Waals surface area contributed by atoms with Gasteiger partial charge >= 0.3 is 0 Å². The molecule has 0 saturated heterocycles. The molecule has 0 aliphatic rings. The Morgan fingerprint density at radius 1 is 1.30 bits per heavy atom. The summed E-state index contributed by atoms with van der Waals surface area (Å²) in [6.07, 6.45) is 0. The zero-order valence-electron chi connectivity index (χ0n) is 10.3. The molecule has 0 aliphatic heterocycles. The highest BCUT2D eigenvalue weighted by Gasteiger charge is 2.19. The van der Waals surface area contributed by atoms with Crippen LogP contribution in [0.2, 0.25) is 4.34 Å². The molecule has 0 unspecified atom stereocenters. The number of halogens is 2. The van der Waals surface area contributed by atoms with Crippen molar-refractivity contribution in [3.63, 3.8) is 0 Å². The third-order valence-electron chi connectivity index (χ3n) is 2.59. The second-order valence-electron chi connectivity index (χ2n) is 4.00. The Kier molecular flexibility index (Phi) is 4.77. The summed E-state index contributed by atoms with van der Waals surface area (Å²) >= 11 is 7.02. The molecule has 108 valence electrons. The lowest BCUT2D eigenvalue weighted by atomic mass is 10.2. The van der Waals surface area contributed by atoms with Gasteiger partial charge in [0.25, 0.3) is 0 Å². The van der Waals surface area contributed by atoms with Crippen LogP contribution in [0.25, 0.3) is 0 Å². The predicted octanol–water partition coefficient (Wildman–Crippen LogP) is 2.48. The van der Waals surface area contributed by atoms with E-state index in [0.29, 0.717) is 9.90 Å². The van der Waals surface area contributed by atoms with Crippen molar-refractivity contribution in [1.29, 1.82) is 0 Å². The molecule has 0 bridgehead atoms. The summed E-state index contributed by atoms with van der Waals surface area (Å²) in [6.45, 7) is 0.218. The maximum atomic E-state index is 13.8. The van der Waals surface area contributed by atoms with Gasteiger partial charge in [0.1, 0.15) is 10.7 Å². The average molecular weight is 335 g/mol. The van der Waals surface area contributed by atoms with Crippen molar-refractivity contribution < 1.29 is 12.8 Å². The van der Waals surface area contributed by atoms with Crippen molar-refractivity contribution in [3.05, 3.63) is 50.9 Å². The van der Waals surface area contributed by atoms with Crippen LogP contribution in [0.5, 0.6) is 0 Å². The van der Waals surface area contributed by atoms with E-state index in [2.05, 4.69) is 4.72 Å². The van der Waals surface area contributed by atoms with Gasteiger partial charge in [-0.25, -0.2) is 17.5 Å². The van der Waals surface area contributed by atoms with Crippen molar-refractivity contribution >= 4 is 33.0 Å². The van der Waals surface area contributed by atoms with Gasteiger partial charge in [-0.15, -0.1) is 11.3 Å². The molecule has 3 N–H and O–H groups in total. The zero-order valence-corrected chi connectivity index (χ0v) is 12.7. The van der Waals surface area contributed by atoms with Gasteiger partial charge in [-0.05, 0) is 29.8 Å². The van der Waals surface area contributed by atoms with Gasteiger partial charge in [-0.2, -0.15) is 0 Å². The molecule has 8 heteroatoms. The van der Waals surface area contributed by atoms with E-state index in [9.17, 15) is 12.8 Å². The zero-order chi connectivity index (χ0) is 14.8. The van der Waals surface area contributed by atoms with Crippen molar-refractivity contribution in [2.45, 2.75) is 18.0 Å². The van der Waals surface area contributed by atoms with E-state index in [1.807, 2.05) is 0 Å². The summed E-state index contributed by atoms with van der Waals surface area (Å²) in [5.74, 6) is -0.815. The fourth-order valence-corrected chi connectivity index (χ4v) is 3.76. The Balaban J connectivity index is 2.18. The maximum absolute atomic E-state index is 13.8. The lowest BCUT2D eigenvalue weighted by Crippen LogP contribution is -2.24. The molecule has 1 heterocycles. The van der Waals surface area contributed by atoms with Crippen molar-refractivity contribution in [1.82, 2.24) is 4.72 Å². The molecule has 0 radical (unpaired) electrons. The fourth-order valence-electron chi connectivity index (χ4n) is 1.58. The summed E-state index contributed by atoms with van der Waals surface area (Å²) < 4.78 is 40.7. The van der Waals surface area contributed by atoms with Gasteiger partial charge < -0.3 is 5.73 Å². The summed E-state index contributed by atoms with van der Waals surface area (Å²) in [5, 5.41) is 0. The van der Waals surface area contributed by atoms with Crippen LogP contribution in [0.4, 0.5) is 4.39 Å². The highest BCUT2D eigenvalue weighted by Crippen LogP contribution is 2.22. The van der Waals surface area contributed by atoms with E-state index in [1.54, 1.807) is 12.1 Å². The van der Waals surface area contributed by atoms with Crippen LogP contribution in [-0.4, -0.2) is 8.42 Å². The maximum Gasteiger partial charge on any atom is 0.243 e. The molecule has 20 heavy (non-hydrogen) atoms. The van der Waals surface area contributed by atoms with E-state index >= 15 is 0 Å². The van der Waals surface area contributed by atoms with E-state index in [1.165, 1.54) is 23.5 Å². The van der Waals surface area contributed by atoms with Crippen molar-refractivity contribution in [2.24, 2.45) is 5.73 Å². The molecular formula is C12H12ClFN2O2S2. The molecule has 2 aromatic rings. The molecule has 0 saturated carbocycles. The van der Waals surface area contributed by atoms with E-state index in [4.69, 9.17) is 17.3 Å². The molecule has 1 aromatic carbocycles. The number of sulfonamides is 1. The number of nitrogens with one attached hydrogen (secondary N) is 1. The molecule has 0 atom stereocenters. The SMILES string of the molecule is NCc1ccc(S(=O)(=O)NCc2ccc(Cl)s2)c(F)c1. The first-order valence-electron chi connectivity index (χ1n) is 5.65. The van der Waals surface area contributed by atoms with Crippen LogP contribution in [0.1, 0.15) is 10.4 Å². The molecule has 4 nitrogen and oxygen atoms in total. The second kappa shape index (κ2) is 6.19. The van der Waals surface area contributed by atoms with Crippen LogP contribution >= 0.6 is 22.9 Å². The first-order valence-corrected chi connectivity index (χ1v) is 8.32. The summed E-state index contributed by atoms with van der Waals surface area (Å²) in [6, 6.07) is 7.20. The first kappa shape index (κ1) is 15.4. The third-order valence-corrected chi connectivity index (χ3v) is 5.25. The highest BCUT2D eigenvalue weighted by molar-refractivity contribution is 7.89. The average Bonchev–Trinajstić information content (AvgIpc) is 2.82. The molecular weight excluding hydrogens is 323 g/mol. The Morgan fingerprint density at radius 3 is 2.60 bits per heavy atom. The summed E-state index contributed by atoms with van der Waals surface area (Å²) in [4.78, 5) is 0.356. The van der Waals surface area contributed by atoms with Gasteiger partial charge in [0, 0.05) is 18.0 Å².